The lowest BCUT2D eigenvalue weighted by molar-refractivity contribution is 0.511. The number of rotatable bonds is 2. The van der Waals surface area contributed by atoms with Crippen LogP contribution in [0.25, 0.3) is 54.6 Å². The van der Waals surface area contributed by atoms with Crippen molar-refractivity contribution in [3.8, 4) is 22.3 Å². The molecule has 0 aliphatic carbocycles. The molecule has 6 aromatic rings. The zero-order valence-corrected chi connectivity index (χ0v) is 17.4. The van der Waals surface area contributed by atoms with Crippen molar-refractivity contribution < 1.29 is 13.2 Å². The van der Waals surface area contributed by atoms with Crippen LogP contribution in [0, 0.1) is 17.5 Å². The van der Waals surface area contributed by atoms with Crippen molar-refractivity contribution in [3.63, 3.8) is 0 Å². The summed E-state index contributed by atoms with van der Waals surface area (Å²) in [6, 6.07) is 30.9. The summed E-state index contributed by atoms with van der Waals surface area (Å²) in [5.74, 6) is -1.99. The predicted molar refractivity (Wildman–Crippen MR) is 130 cm³/mol. The van der Waals surface area contributed by atoms with Gasteiger partial charge in [0, 0.05) is 0 Å². The molecule has 0 heterocycles. The van der Waals surface area contributed by atoms with Crippen LogP contribution in [0.3, 0.4) is 0 Å². The van der Waals surface area contributed by atoms with Crippen molar-refractivity contribution in [2.24, 2.45) is 0 Å². The van der Waals surface area contributed by atoms with Gasteiger partial charge in [-0.25, -0.2) is 13.2 Å². The largest absolute Gasteiger partial charge is 0.207 e. The minimum Gasteiger partial charge on any atom is -0.207 e. The van der Waals surface area contributed by atoms with E-state index >= 15 is 0 Å². The van der Waals surface area contributed by atoms with E-state index in [1.807, 2.05) is 42.5 Å². The molecule has 0 amide bonds. The third-order valence-corrected chi connectivity index (χ3v) is 6.23. The maximum absolute atomic E-state index is 14.0. The normalized spacial score (nSPS) is 11.5. The molecule has 3 heteroatoms. The van der Waals surface area contributed by atoms with Crippen molar-refractivity contribution in [2.45, 2.75) is 0 Å². The fourth-order valence-electron chi connectivity index (χ4n) is 4.76. The summed E-state index contributed by atoms with van der Waals surface area (Å²) in [6.45, 7) is 0. The standard InChI is InChI=1S/C30H17F3/c31-22-13-11-18(12-14-22)29-23-5-1-3-7-25(23)30(26-8-4-2-6-24(26)29)20-10-9-19-16-27(32)28(33)17-21(19)15-20/h1-17H. The van der Waals surface area contributed by atoms with Crippen molar-refractivity contribution >= 4 is 32.3 Å². The highest BCUT2D eigenvalue weighted by Gasteiger charge is 2.17. The SMILES string of the molecule is Fc1ccc(-c2c3ccccc3c(-c3ccc4cc(F)c(F)cc4c3)c3ccccc23)cc1. The maximum atomic E-state index is 14.0. The quantitative estimate of drug-likeness (QED) is 0.239. The minimum atomic E-state index is -0.860. The van der Waals surface area contributed by atoms with Gasteiger partial charge >= 0.3 is 0 Å². The van der Waals surface area contributed by atoms with E-state index in [1.165, 1.54) is 24.3 Å². The Bertz CT molecular complexity index is 1620. The molecule has 158 valence electrons. The molecular weight excluding hydrogens is 417 g/mol. The van der Waals surface area contributed by atoms with E-state index in [0.29, 0.717) is 10.8 Å². The van der Waals surface area contributed by atoms with Gasteiger partial charge in [-0.05, 0) is 84.9 Å². The monoisotopic (exact) mass is 434 g/mol. The van der Waals surface area contributed by atoms with Crippen LogP contribution >= 0.6 is 0 Å². The number of hydrogen-bond donors (Lipinski definition) is 0. The Hall–Kier alpha value is -4.11. The van der Waals surface area contributed by atoms with Crippen LogP contribution < -0.4 is 0 Å². The first kappa shape index (κ1) is 19.6. The van der Waals surface area contributed by atoms with E-state index in [2.05, 4.69) is 24.3 Å². The Balaban J connectivity index is 1.74. The zero-order valence-electron chi connectivity index (χ0n) is 17.4. The van der Waals surface area contributed by atoms with Gasteiger partial charge in [0.1, 0.15) is 5.82 Å². The maximum Gasteiger partial charge on any atom is 0.159 e. The van der Waals surface area contributed by atoms with Gasteiger partial charge in [0.2, 0.25) is 0 Å². The van der Waals surface area contributed by atoms with Crippen molar-refractivity contribution in [2.75, 3.05) is 0 Å². The lowest BCUT2D eigenvalue weighted by Crippen LogP contribution is -1.91. The van der Waals surface area contributed by atoms with Crippen LogP contribution in [0.2, 0.25) is 0 Å². The first-order valence-corrected chi connectivity index (χ1v) is 10.7. The van der Waals surface area contributed by atoms with E-state index < -0.39 is 11.6 Å². The molecule has 0 atom stereocenters. The summed E-state index contributed by atoms with van der Waals surface area (Å²) >= 11 is 0. The zero-order chi connectivity index (χ0) is 22.5. The van der Waals surface area contributed by atoms with Crippen LogP contribution in [0.15, 0.2) is 103 Å². The van der Waals surface area contributed by atoms with E-state index in [-0.39, 0.29) is 5.82 Å². The molecule has 0 aliphatic heterocycles. The van der Waals surface area contributed by atoms with Gasteiger partial charge in [0.15, 0.2) is 11.6 Å². The van der Waals surface area contributed by atoms with Gasteiger partial charge in [0.05, 0.1) is 0 Å². The summed E-state index contributed by atoms with van der Waals surface area (Å²) in [6.07, 6.45) is 0. The van der Waals surface area contributed by atoms with Crippen molar-refractivity contribution in [1.82, 2.24) is 0 Å². The molecule has 0 saturated carbocycles. The number of fused-ring (bicyclic) bond motifs is 3. The highest BCUT2D eigenvalue weighted by atomic mass is 19.2. The van der Waals surface area contributed by atoms with Crippen LogP contribution in [-0.2, 0) is 0 Å². The highest BCUT2D eigenvalue weighted by Crippen LogP contribution is 2.44. The molecule has 33 heavy (non-hydrogen) atoms. The number of halogens is 3. The molecule has 0 N–H and O–H groups in total. The number of benzene rings is 6. The Morgan fingerprint density at radius 2 is 0.848 bits per heavy atom. The molecule has 6 aromatic carbocycles. The summed E-state index contributed by atoms with van der Waals surface area (Å²) in [5, 5.41) is 5.46. The third-order valence-electron chi connectivity index (χ3n) is 6.23. The molecule has 0 aromatic heterocycles. The molecule has 0 spiro atoms. The second-order valence-electron chi connectivity index (χ2n) is 8.18. The van der Waals surface area contributed by atoms with Gasteiger partial charge in [-0.2, -0.15) is 0 Å². The second kappa shape index (κ2) is 7.49. The molecular formula is C30H17F3. The minimum absolute atomic E-state index is 0.274. The predicted octanol–water partition coefficient (Wildman–Crippen LogP) is 8.90. The summed E-state index contributed by atoms with van der Waals surface area (Å²) in [5.41, 5.74) is 3.93. The van der Waals surface area contributed by atoms with Crippen molar-refractivity contribution in [3.05, 3.63) is 121 Å². The Kier molecular flexibility index (Phi) is 4.44. The van der Waals surface area contributed by atoms with E-state index in [9.17, 15) is 13.2 Å². The average Bonchev–Trinajstić information content (AvgIpc) is 2.84. The molecule has 0 aliphatic rings. The Labute approximate surface area is 188 Å². The highest BCUT2D eigenvalue weighted by molar-refractivity contribution is 6.21. The molecule has 0 fully saturated rings. The van der Waals surface area contributed by atoms with Crippen molar-refractivity contribution in [1.29, 1.82) is 0 Å². The van der Waals surface area contributed by atoms with Crippen LogP contribution in [0.4, 0.5) is 13.2 Å². The molecule has 6 rings (SSSR count). The fraction of sp³-hybridized carbons (Fsp3) is 0. The Morgan fingerprint density at radius 3 is 1.39 bits per heavy atom. The van der Waals surface area contributed by atoms with Crippen LogP contribution in [0.5, 0.6) is 0 Å². The van der Waals surface area contributed by atoms with Gasteiger partial charge in [-0.3, -0.25) is 0 Å². The van der Waals surface area contributed by atoms with E-state index in [1.54, 1.807) is 12.1 Å². The first-order valence-electron chi connectivity index (χ1n) is 10.7. The van der Waals surface area contributed by atoms with E-state index in [0.717, 1.165) is 43.8 Å². The van der Waals surface area contributed by atoms with Gasteiger partial charge in [-0.1, -0.05) is 72.8 Å². The smallest absolute Gasteiger partial charge is 0.159 e. The summed E-state index contributed by atoms with van der Waals surface area (Å²) < 4.78 is 41.3. The van der Waals surface area contributed by atoms with Gasteiger partial charge in [0.25, 0.3) is 0 Å². The van der Waals surface area contributed by atoms with E-state index in [4.69, 9.17) is 0 Å². The molecule has 0 radical (unpaired) electrons. The lowest BCUT2D eigenvalue weighted by Gasteiger charge is -2.18. The lowest BCUT2D eigenvalue weighted by atomic mass is 9.85. The van der Waals surface area contributed by atoms with Gasteiger partial charge in [-0.15, -0.1) is 0 Å². The fourth-order valence-corrected chi connectivity index (χ4v) is 4.76. The van der Waals surface area contributed by atoms with Crippen LogP contribution in [0.1, 0.15) is 0 Å². The topological polar surface area (TPSA) is 0 Å². The first-order chi connectivity index (χ1) is 16.1. The Morgan fingerprint density at radius 1 is 0.394 bits per heavy atom. The molecule has 0 unspecified atom stereocenters. The summed E-state index contributed by atoms with van der Waals surface area (Å²) in [7, 11) is 0. The van der Waals surface area contributed by atoms with Gasteiger partial charge < -0.3 is 0 Å². The average molecular weight is 434 g/mol. The molecule has 0 bridgehead atoms. The molecule has 0 nitrogen and oxygen atoms in total. The summed E-state index contributed by atoms with van der Waals surface area (Å²) in [4.78, 5) is 0. The van der Waals surface area contributed by atoms with Crippen LogP contribution in [-0.4, -0.2) is 0 Å². The molecule has 0 saturated heterocycles. The number of hydrogen-bond acceptors (Lipinski definition) is 0. The third kappa shape index (κ3) is 3.16. The second-order valence-corrected chi connectivity index (χ2v) is 8.18.